The van der Waals surface area contributed by atoms with Crippen LogP contribution in [0.15, 0.2) is 12.1 Å². The van der Waals surface area contributed by atoms with E-state index in [9.17, 15) is 0 Å². The molecule has 1 unspecified atom stereocenters. The fourth-order valence-corrected chi connectivity index (χ4v) is 1.94. The monoisotopic (exact) mass is 231 g/mol. The second-order valence-corrected chi connectivity index (χ2v) is 4.46. The molecular formula is C15H21NO. The largest absolute Gasteiger partial charge is 0.480 e. The average molecular weight is 231 g/mol. The molecule has 2 nitrogen and oxygen atoms in total. The van der Waals surface area contributed by atoms with Gasteiger partial charge in [0.25, 0.3) is 0 Å². The highest BCUT2D eigenvalue weighted by molar-refractivity contribution is 5.43. The third-order valence-electron chi connectivity index (χ3n) is 2.54. The Morgan fingerprint density at radius 3 is 2.35 bits per heavy atom. The number of benzene rings is 1. The van der Waals surface area contributed by atoms with E-state index >= 15 is 0 Å². The number of aryl methyl sites for hydroxylation is 2. The van der Waals surface area contributed by atoms with Gasteiger partial charge < -0.3 is 10.5 Å². The molecule has 1 rings (SSSR count). The van der Waals surface area contributed by atoms with Gasteiger partial charge >= 0.3 is 0 Å². The molecule has 2 heteroatoms. The molecular weight excluding hydrogens is 210 g/mol. The molecule has 2 N–H and O–H groups in total. The number of ether oxygens (including phenoxy) is 1. The Labute approximate surface area is 104 Å². The van der Waals surface area contributed by atoms with Crippen molar-refractivity contribution >= 4 is 0 Å². The number of rotatable bonds is 4. The van der Waals surface area contributed by atoms with E-state index in [-0.39, 0.29) is 6.04 Å². The van der Waals surface area contributed by atoms with E-state index in [1.165, 1.54) is 5.56 Å². The van der Waals surface area contributed by atoms with Crippen molar-refractivity contribution in [2.24, 2.45) is 5.73 Å². The lowest BCUT2D eigenvalue weighted by Gasteiger charge is -2.13. The van der Waals surface area contributed by atoms with Crippen LogP contribution in [0, 0.1) is 25.7 Å². The smallest absolute Gasteiger partial charge is 0.149 e. The summed E-state index contributed by atoms with van der Waals surface area (Å²) in [6.45, 7) is 8.41. The lowest BCUT2D eigenvalue weighted by molar-refractivity contribution is 0.364. The summed E-state index contributed by atoms with van der Waals surface area (Å²) >= 11 is 0. The van der Waals surface area contributed by atoms with Crippen LogP contribution in [0.4, 0.5) is 0 Å². The lowest BCUT2D eigenvalue weighted by Crippen LogP contribution is -2.18. The van der Waals surface area contributed by atoms with Crippen LogP contribution in [0.1, 0.15) is 30.5 Å². The van der Waals surface area contributed by atoms with Crippen molar-refractivity contribution in [2.45, 2.75) is 40.2 Å². The van der Waals surface area contributed by atoms with Crippen molar-refractivity contribution in [1.29, 1.82) is 0 Å². The fraction of sp³-hybridized carbons (Fsp3) is 0.467. The molecule has 17 heavy (non-hydrogen) atoms. The molecule has 1 aromatic rings. The molecule has 0 aliphatic rings. The van der Waals surface area contributed by atoms with Crippen LogP contribution in [-0.4, -0.2) is 12.6 Å². The molecule has 0 saturated heterocycles. The van der Waals surface area contributed by atoms with Gasteiger partial charge in [-0.25, -0.2) is 0 Å². The first kappa shape index (κ1) is 13.6. The molecule has 1 aromatic carbocycles. The Balaban J connectivity index is 2.88. The molecule has 0 aliphatic carbocycles. The maximum absolute atomic E-state index is 5.81. The Hall–Kier alpha value is -1.46. The van der Waals surface area contributed by atoms with E-state index in [2.05, 4.69) is 37.8 Å². The second kappa shape index (κ2) is 6.32. The average Bonchev–Trinajstić information content (AvgIpc) is 2.21. The third-order valence-corrected chi connectivity index (χ3v) is 2.54. The van der Waals surface area contributed by atoms with Gasteiger partial charge in [0, 0.05) is 6.04 Å². The van der Waals surface area contributed by atoms with Crippen LogP contribution >= 0.6 is 0 Å². The van der Waals surface area contributed by atoms with Gasteiger partial charge in [0.15, 0.2) is 0 Å². The summed E-state index contributed by atoms with van der Waals surface area (Å²) in [7, 11) is 0. The predicted molar refractivity (Wildman–Crippen MR) is 72.2 cm³/mol. The fourth-order valence-electron chi connectivity index (χ4n) is 1.94. The molecule has 0 radical (unpaired) electrons. The minimum Gasteiger partial charge on any atom is -0.480 e. The molecule has 0 fully saturated rings. The van der Waals surface area contributed by atoms with Gasteiger partial charge in [0.05, 0.1) is 0 Å². The van der Waals surface area contributed by atoms with Crippen molar-refractivity contribution in [3.63, 3.8) is 0 Å². The number of hydrogen-bond acceptors (Lipinski definition) is 2. The van der Waals surface area contributed by atoms with Crippen LogP contribution in [0.3, 0.4) is 0 Å². The van der Waals surface area contributed by atoms with Gasteiger partial charge in [-0.2, -0.15) is 0 Å². The standard InChI is InChI=1S/C15H21NO/c1-5-6-7-17-15-11(2)8-14(9-12(15)3)10-13(4)16/h8-9,13H,7,10,16H2,1-4H3. The minimum absolute atomic E-state index is 0.187. The Kier molecular flexibility index (Phi) is 5.06. The normalized spacial score (nSPS) is 11.6. The van der Waals surface area contributed by atoms with Crippen LogP contribution in [0.2, 0.25) is 0 Å². The molecule has 0 aliphatic heterocycles. The van der Waals surface area contributed by atoms with Crippen molar-refractivity contribution < 1.29 is 4.74 Å². The molecule has 0 spiro atoms. The minimum atomic E-state index is 0.187. The Morgan fingerprint density at radius 1 is 1.29 bits per heavy atom. The summed E-state index contributed by atoms with van der Waals surface area (Å²) in [5.74, 6) is 6.67. The number of nitrogens with two attached hydrogens (primary N) is 1. The molecule has 92 valence electrons. The first-order chi connectivity index (χ1) is 8.04. The summed E-state index contributed by atoms with van der Waals surface area (Å²) in [5.41, 5.74) is 9.38. The maximum Gasteiger partial charge on any atom is 0.149 e. The van der Waals surface area contributed by atoms with Gasteiger partial charge in [0.1, 0.15) is 12.4 Å². The van der Waals surface area contributed by atoms with Gasteiger partial charge in [-0.3, -0.25) is 0 Å². The van der Waals surface area contributed by atoms with Crippen LogP contribution < -0.4 is 10.5 Å². The van der Waals surface area contributed by atoms with E-state index in [1.54, 1.807) is 0 Å². The molecule has 0 aromatic heterocycles. The Bertz CT molecular complexity index is 415. The third kappa shape index (κ3) is 4.13. The molecule has 0 bridgehead atoms. The zero-order chi connectivity index (χ0) is 12.8. The summed E-state index contributed by atoms with van der Waals surface area (Å²) < 4.78 is 5.66. The van der Waals surface area contributed by atoms with Crippen molar-refractivity contribution in [1.82, 2.24) is 0 Å². The van der Waals surface area contributed by atoms with E-state index < -0.39 is 0 Å². The zero-order valence-corrected chi connectivity index (χ0v) is 11.1. The van der Waals surface area contributed by atoms with Gasteiger partial charge in [-0.1, -0.05) is 18.1 Å². The van der Waals surface area contributed by atoms with Crippen LogP contribution in [-0.2, 0) is 6.42 Å². The lowest BCUT2D eigenvalue weighted by atomic mass is 10.0. The van der Waals surface area contributed by atoms with Crippen molar-refractivity contribution in [3.05, 3.63) is 28.8 Å². The van der Waals surface area contributed by atoms with Crippen molar-refractivity contribution in [3.8, 4) is 17.6 Å². The van der Waals surface area contributed by atoms with Gasteiger partial charge in [0.2, 0.25) is 0 Å². The molecule has 0 heterocycles. The van der Waals surface area contributed by atoms with Crippen LogP contribution in [0.5, 0.6) is 5.75 Å². The van der Waals surface area contributed by atoms with E-state index in [4.69, 9.17) is 10.5 Å². The van der Waals surface area contributed by atoms with Crippen LogP contribution in [0.25, 0.3) is 0 Å². The topological polar surface area (TPSA) is 35.2 Å². The number of hydrogen-bond donors (Lipinski definition) is 1. The highest BCUT2D eigenvalue weighted by atomic mass is 16.5. The summed E-state index contributed by atoms with van der Waals surface area (Å²) in [6, 6.07) is 4.47. The highest BCUT2D eigenvalue weighted by Gasteiger charge is 2.07. The maximum atomic E-state index is 5.81. The summed E-state index contributed by atoms with van der Waals surface area (Å²) in [5, 5.41) is 0. The first-order valence-electron chi connectivity index (χ1n) is 5.92. The summed E-state index contributed by atoms with van der Waals surface area (Å²) in [6.07, 6.45) is 0.900. The van der Waals surface area contributed by atoms with E-state index in [1.807, 2.05) is 13.8 Å². The van der Waals surface area contributed by atoms with E-state index in [0.29, 0.717) is 6.61 Å². The van der Waals surface area contributed by atoms with E-state index in [0.717, 1.165) is 23.3 Å². The van der Waals surface area contributed by atoms with Gasteiger partial charge in [-0.15, -0.1) is 5.92 Å². The van der Waals surface area contributed by atoms with Crippen molar-refractivity contribution in [2.75, 3.05) is 6.61 Å². The van der Waals surface area contributed by atoms with Gasteiger partial charge in [-0.05, 0) is 50.8 Å². The molecule has 1 atom stereocenters. The first-order valence-corrected chi connectivity index (χ1v) is 5.92. The predicted octanol–water partition coefficient (Wildman–Crippen LogP) is 2.60. The molecule has 0 saturated carbocycles. The second-order valence-electron chi connectivity index (χ2n) is 4.46. The zero-order valence-electron chi connectivity index (χ0n) is 11.1. The summed E-state index contributed by atoms with van der Waals surface area (Å²) in [4.78, 5) is 0. The highest BCUT2D eigenvalue weighted by Crippen LogP contribution is 2.25. The SMILES string of the molecule is CC#CCOc1c(C)cc(CC(C)N)cc1C. The Morgan fingerprint density at radius 2 is 1.88 bits per heavy atom. The molecule has 0 amide bonds. The quantitative estimate of drug-likeness (QED) is 0.808.